The average molecular weight is 470 g/mol. The van der Waals surface area contributed by atoms with E-state index in [1.165, 1.54) is 0 Å². The zero-order valence-electron chi connectivity index (χ0n) is 17.1. The predicted molar refractivity (Wildman–Crippen MR) is 103 cm³/mol. The summed E-state index contributed by atoms with van der Waals surface area (Å²) in [5.41, 5.74) is -1.27. The van der Waals surface area contributed by atoms with E-state index in [9.17, 15) is 31.5 Å². The maximum atomic E-state index is 14.5. The molecule has 3 rings (SSSR count). The topological polar surface area (TPSA) is 79.7 Å². The van der Waals surface area contributed by atoms with Crippen LogP contribution in [0.4, 0.5) is 22.0 Å². The zero-order chi connectivity index (χ0) is 24.3. The van der Waals surface area contributed by atoms with Crippen LogP contribution in [0.5, 0.6) is 5.75 Å². The second-order valence-electron chi connectivity index (χ2n) is 6.48. The molecular weight excluding hydrogens is 455 g/mol. The van der Waals surface area contributed by atoms with Crippen molar-refractivity contribution >= 4 is 11.9 Å². The Morgan fingerprint density at radius 1 is 0.970 bits per heavy atom. The molecule has 3 aromatic rings. The first-order valence-electron chi connectivity index (χ1n) is 9.11. The van der Waals surface area contributed by atoms with E-state index in [1.807, 2.05) is 0 Å². The summed E-state index contributed by atoms with van der Waals surface area (Å²) in [6, 6.07) is 9.24. The molecule has 0 aliphatic heterocycles. The highest BCUT2D eigenvalue weighted by atomic mass is 19.4. The molecule has 1 aromatic heterocycles. The van der Waals surface area contributed by atoms with Gasteiger partial charge in [0.2, 0.25) is 0 Å². The Morgan fingerprint density at radius 2 is 1.55 bits per heavy atom. The van der Waals surface area contributed by atoms with Crippen LogP contribution in [0, 0.1) is 11.6 Å². The summed E-state index contributed by atoms with van der Waals surface area (Å²) >= 11 is 0. The van der Waals surface area contributed by atoms with Gasteiger partial charge in [-0.15, -0.1) is 0 Å². The molecule has 33 heavy (non-hydrogen) atoms. The molecule has 12 heteroatoms. The number of hydrogen-bond donors (Lipinski definition) is 0. The third-order valence-electron chi connectivity index (χ3n) is 4.31. The van der Waals surface area contributed by atoms with Crippen LogP contribution in [0.15, 0.2) is 42.5 Å². The number of methoxy groups -OCH3 is 2. The molecule has 0 bridgehead atoms. The molecule has 7 nitrogen and oxygen atoms in total. The van der Waals surface area contributed by atoms with Crippen molar-refractivity contribution in [2.24, 2.45) is 0 Å². The number of ether oxygens (including phenoxy) is 3. The maximum Gasteiger partial charge on any atom is 0.422 e. The molecule has 0 spiro atoms. The largest absolute Gasteiger partial charge is 0.478 e. The number of aromatic nitrogens is 2. The summed E-state index contributed by atoms with van der Waals surface area (Å²) in [6.07, 6.45) is -4.82. The van der Waals surface area contributed by atoms with Gasteiger partial charge in [-0.25, -0.2) is 23.1 Å². The molecular formula is C21H15F5N2O5. The van der Waals surface area contributed by atoms with Gasteiger partial charge in [0, 0.05) is 5.56 Å². The number of benzene rings is 2. The van der Waals surface area contributed by atoms with Gasteiger partial charge in [0.25, 0.3) is 0 Å². The van der Waals surface area contributed by atoms with Gasteiger partial charge < -0.3 is 14.2 Å². The van der Waals surface area contributed by atoms with Gasteiger partial charge >= 0.3 is 18.1 Å². The number of hydrogen-bond acceptors (Lipinski definition) is 6. The van der Waals surface area contributed by atoms with Crippen molar-refractivity contribution in [2.75, 3.05) is 20.8 Å². The number of halogens is 5. The van der Waals surface area contributed by atoms with Gasteiger partial charge in [0.05, 0.1) is 19.9 Å². The Morgan fingerprint density at radius 3 is 2.06 bits per heavy atom. The lowest BCUT2D eigenvalue weighted by molar-refractivity contribution is -0.154. The fraction of sp³-hybridized carbons (Fsp3) is 0.190. The van der Waals surface area contributed by atoms with Gasteiger partial charge in [-0.2, -0.15) is 18.3 Å². The molecule has 0 saturated carbocycles. The second kappa shape index (κ2) is 9.27. The van der Waals surface area contributed by atoms with E-state index in [4.69, 9.17) is 9.47 Å². The number of esters is 2. The number of carbonyl (C=O) groups excluding carboxylic acids is 2. The normalized spacial score (nSPS) is 11.2. The predicted octanol–water partition coefficient (Wildman–Crippen LogP) is 4.33. The van der Waals surface area contributed by atoms with Crippen LogP contribution in [0.3, 0.4) is 0 Å². The van der Waals surface area contributed by atoms with Crippen molar-refractivity contribution in [2.45, 2.75) is 6.18 Å². The fourth-order valence-corrected chi connectivity index (χ4v) is 2.95. The van der Waals surface area contributed by atoms with Crippen molar-refractivity contribution in [1.82, 2.24) is 9.78 Å². The first-order chi connectivity index (χ1) is 15.6. The zero-order valence-corrected chi connectivity index (χ0v) is 17.1. The lowest BCUT2D eigenvalue weighted by atomic mass is 10.0. The van der Waals surface area contributed by atoms with Crippen molar-refractivity contribution in [1.29, 1.82) is 0 Å². The first-order valence-corrected chi connectivity index (χ1v) is 9.11. The maximum absolute atomic E-state index is 14.5. The lowest BCUT2D eigenvalue weighted by Crippen LogP contribution is -2.20. The monoisotopic (exact) mass is 470 g/mol. The van der Waals surface area contributed by atoms with E-state index in [0.29, 0.717) is 17.8 Å². The van der Waals surface area contributed by atoms with Crippen molar-refractivity contribution in [3.63, 3.8) is 0 Å². The van der Waals surface area contributed by atoms with Crippen LogP contribution in [0.1, 0.15) is 20.8 Å². The molecule has 0 unspecified atom stereocenters. The molecule has 0 atom stereocenters. The minimum atomic E-state index is -4.82. The lowest BCUT2D eigenvalue weighted by Gasteiger charge is -2.11. The highest BCUT2D eigenvalue weighted by Gasteiger charge is 2.33. The van der Waals surface area contributed by atoms with Crippen molar-refractivity contribution in [3.8, 4) is 22.7 Å². The minimum Gasteiger partial charge on any atom is -0.478 e. The molecule has 0 radical (unpaired) electrons. The van der Waals surface area contributed by atoms with E-state index in [1.54, 1.807) is 30.3 Å². The number of para-hydroxylation sites is 1. The quantitative estimate of drug-likeness (QED) is 0.394. The van der Waals surface area contributed by atoms with E-state index in [-0.39, 0.29) is 17.0 Å². The molecule has 174 valence electrons. The van der Waals surface area contributed by atoms with Crippen LogP contribution in [-0.4, -0.2) is 48.7 Å². The number of nitrogens with zero attached hydrogens (tertiary/aromatic N) is 2. The Bertz CT molecular complexity index is 1170. The van der Waals surface area contributed by atoms with Gasteiger partial charge in [-0.3, -0.25) is 0 Å². The first kappa shape index (κ1) is 23.7. The third kappa shape index (κ3) is 4.94. The molecule has 1 heterocycles. The van der Waals surface area contributed by atoms with Crippen LogP contribution in [-0.2, 0) is 9.47 Å². The highest BCUT2D eigenvalue weighted by Crippen LogP contribution is 2.34. The highest BCUT2D eigenvalue weighted by molar-refractivity contribution is 6.06. The van der Waals surface area contributed by atoms with E-state index in [2.05, 4.69) is 9.84 Å². The van der Waals surface area contributed by atoms with Gasteiger partial charge in [-0.05, 0) is 24.3 Å². The van der Waals surface area contributed by atoms with Crippen molar-refractivity contribution < 1.29 is 45.8 Å². The molecule has 0 saturated heterocycles. The fourth-order valence-electron chi connectivity index (χ4n) is 2.95. The molecule has 0 amide bonds. The molecule has 0 N–H and O–H groups in total. The Kier molecular flexibility index (Phi) is 6.65. The smallest absolute Gasteiger partial charge is 0.422 e. The minimum absolute atomic E-state index is 0.306. The van der Waals surface area contributed by atoms with Gasteiger partial charge in [0.15, 0.2) is 29.7 Å². The Hall–Kier alpha value is -3.96. The van der Waals surface area contributed by atoms with Crippen LogP contribution >= 0.6 is 0 Å². The van der Waals surface area contributed by atoms with E-state index in [0.717, 1.165) is 18.9 Å². The summed E-state index contributed by atoms with van der Waals surface area (Å²) in [4.78, 5) is 25.0. The van der Waals surface area contributed by atoms with Crippen LogP contribution in [0.2, 0.25) is 0 Å². The SMILES string of the molecule is COC(=O)c1c(-c2cc(F)c(OCC(F)(F)F)c(F)c2)nn(-c2ccccc2)c1C(=O)OC. The van der Waals surface area contributed by atoms with Crippen LogP contribution in [0.25, 0.3) is 16.9 Å². The Labute approximate surface area is 183 Å². The summed E-state index contributed by atoms with van der Waals surface area (Å²) in [6.45, 7) is -1.91. The molecule has 2 aromatic carbocycles. The number of rotatable bonds is 6. The third-order valence-corrected chi connectivity index (χ3v) is 4.31. The summed E-state index contributed by atoms with van der Waals surface area (Å²) in [5, 5.41) is 4.15. The summed E-state index contributed by atoms with van der Waals surface area (Å²) in [5.74, 6) is -6.26. The summed E-state index contributed by atoms with van der Waals surface area (Å²) < 4.78 is 80.7. The Balaban J connectivity index is 2.23. The van der Waals surface area contributed by atoms with E-state index < -0.39 is 47.7 Å². The van der Waals surface area contributed by atoms with Crippen LogP contribution < -0.4 is 4.74 Å². The average Bonchev–Trinajstić information content (AvgIpc) is 3.18. The number of carbonyl (C=O) groups is 2. The summed E-state index contributed by atoms with van der Waals surface area (Å²) in [7, 11) is 2.07. The standard InChI is InChI=1S/C21H15F5N2O5/c1-31-19(29)15-16(11-8-13(22)18(14(23)9-11)33-10-21(24,25)26)27-28(17(15)20(30)32-2)12-6-4-3-5-7-12/h3-9H,10H2,1-2H3. The second-order valence-corrected chi connectivity index (χ2v) is 6.48. The van der Waals surface area contributed by atoms with E-state index >= 15 is 0 Å². The van der Waals surface area contributed by atoms with Gasteiger partial charge in [-0.1, -0.05) is 18.2 Å². The molecule has 0 aliphatic rings. The molecule has 0 fully saturated rings. The van der Waals surface area contributed by atoms with Crippen molar-refractivity contribution in [3.05, 3.63) is 65.4 Å². The van der Waals surface area contributed by atoms with Gasteiger partial charge in [0.1, 0.15) is 11.3 Å². The number of alkyl halides is 3. The molecule has 0 aliphatic carbocycles.